The Labute approximate surface area is 162 Å². The number of hydrogen-bond acceptors (Lipinski definition) is 5. The van der Waals surface area contributed by atoms with Crippen LogP contribution in [0, 0.1) is 6.92 Å². The highest BCUT2D eigenvalue weighted by Gasteiger charge is 2.44. The summed E-state index contributed by atoms with van der Waals surface area (Å²) in [5.74, 6) is 0. The molecule has 0 spiro atoms. The minimum atomic E-state index is -0.521. The van der Waals surface area contributed by atoms with Gasteiger partial charge in [0.15, 0.2) is 0 Å². The molecule has 6 heteroatoms. The van der Waals surface area contributed by atoms with Crippen LogP contribution in [0.1, 0.15) is 16.8 Å². The number of carbonyl (C=O) groups is 1. The maximum Gasteiger partial charge on any atom is 0.410 e. The molecule has 1 aliphatic rings. The first kappa shape index (κ1) is 17.7. The number of aryl methyl sites for hydroxylation is 1. The highest BCUT2D eigenvalue weighted by Crippen LogP contribution is 2.33. The normalized spacial score (nSPS) is 15.3. The van der Waals surface area contributed by atoms with E-state index in [0.29, 0.717) is 13.1 Å². The van der Waals surface area contributed by atoms with Gasteiger partial charge >= 0.3 is 6.09 Å². The number of rotatable bonds is 4. The summed E-state index contributed by atoms with van der Waals surface area (Å²) >= 11 is 1.63. The van der Waals surface area contributed by atoms with E-state index >= 15 is 0 Å². The Bertz CT molecular complexity index is 932. The molecule has 1 aliphatic heterocycles. The van der Waals surface area contributed by atoms with Gasteiger partial charge in [-0.3, -0.25) is 0 Å². The number of ether oxygens (including phenoxy) is 1. The smallest absolute Gasteiger partial charge is 0.410 e. The van der Waals surface area contributed by atoms with Crippen LogP contribution in [-0.2, 0) is 16.9 Å². The molecule has 0 saturated carbocycles. The molecular weight excluding hydrogens is 358 g/mol. The third-order valence-corrected chi connectivity index (χ3v) is 5.85. The third-order valence-electron chi connectivity index (χ3n) is 4.88. The Balaban J connectivity index is 1.36. The van der Waals surface area contributed by atoms with Gasteiger partial charge in [-0.2, -0.15) is 0 Å². The lowest BCUT2D eigenvalue weighted by molar-refractivity contribution is 0.0353. The van der Waals surface area contributed by atoms with Crippen LogP contribution in [0.4, 0.5) is 4.79 Å². The Morgan fingerprint density at radius 2 is 1.89 bits per heavy atom. The largest absolute Gasteiger partial charge is 0.445 e. The van der Waals surface area contributed by atoms with Crippen molar-refractivity contribution in [1.82, 2.24) is 9.88 Å². The predicted octanol–water partition coefficient (Wildman–Crippen LogP) is 3.92. The Morgan fingerprint density at radius 1 is 1.19 bits per heavy atom. The number of likely N-dealkylation sites (tertiary alicyclic amines) is 1. The molecule has 138 valence electrons. The van der Waals surface area contributed by atoms with Crippen molar-refractivity contribution in [2.75, 3.05) is 13.1 Å². The molecule has 1 saturated heterocycles. The second kappa shape index (κ2) is 7.13. The fourth-order valence-electron chi connectivity index (χ4n) is 3.29. The molecule has 1 amide bonds. The third kappa shape index (κ3) is 3.59. The Hall–Kier alpha value is -2.70. The SMILES string of the molecule is Cc1ncsc1-c1ccc(C2(N)CN(C(=O)OCc3ccccc3)C2)cc1. The van der Waals surface area contributed by atoms with E-state index in [1.807, 2.05) is 54.9 Å². The molecule has 3 aromatic rings. The van der Waals surface area contributed by atoms with Crippen molar-refractivity contribution in [2.45, 2.75) is 19.1 Å². The van der Waals surface area contributed by atoms with Gasteiger partial charge in [0.25, 0.3) is 0 Å². The molecule has 1 aromatic heterocycles. The zero-order valence-corrected chi connectivity index (χ0v) is 15.9. The van der Waals surface area contributed by atoms with Gasteiger partial charge in [-0.05, 0) is 23.6 Å². The first-order valence-corrected chi connectivity index (χ1v) is 9.69. The summed E-state index contributed by atoms with van der Waals surface area (Å²) in [7, 11) is 0. The maximum absolute atomic E-state index is 12.2. The minimum Gasteiger partial charge on any atom is -0.445 e. The van der Waals surface area contributed by atoms with Gasteiger partial charge in [0.1, 0.15) is 6.61 Å². The van der Waals surface area contributed by atoms with Gasteiger partial charge in [0.2, 0.25) is 0 Å². The molecule has 5 nitrogen and oxygen atoms in total. The van der Waals surface area contributed by atoms with Gasteiger partial charge in [-0.15, -0.1) is 11.3 Å². The van der Waals surface area contributed by atoms with Crippen LogP contribution in [0.5, 0.6) is 0 Å². The predicted molar refractivity (Wildman–Crippen MR) is 106 cm³/mol. The molecule has 0 aliphatic carbocycles. The number of nitrogens with two attached hydrogens (primary N) is 1. The summed E-state index contributed by atoms with van der Waals surface area (Å²) in [6.07, 6.45) is -0.322. The van der Waals surface area contributed by atoms with Crippen molar-refractivity contribution in [3.8, 4) is 10.4 Å². The van der Waals surface area contributed by atoms with Crippen LogP contribution >= 0.6 is 11.3 Å². The van der Waals surface area contributed by atoms with E-state index in [-0.39, 0.29) is 12.7 Å². The number of amides is 1. The number of carbonyl (C=O) groups excluding carboxylic acids is 1. The molecule has 4 rings (SSSR count). The van der Waals surface area contributed by atoms with Gasteiger partial charge in [-0.1, -0.05) is 54.6 Å². The number of aromatic nitrogens is 1. The van der Waals surface area contributed by atoms with Crippen LogP contribution in [-0.4, -0.2) is 29.1 Å². The topological polar surface area (TPSA) is 68.5 Å². The van der Waals surface area contributed by atoms with Crippen LogP contribution in [0.3, 0.4) is 0 Å². The van der Waals surface area contributed by atoms with Crippen LogP contribution in [0.2, 0.25) is 0 Å². The number of hydrogen-bond donors (Lipinski definition) is 1. The lowest BCUT2D eigenvalue weighted by Gasteiger charge is -2.47. The summed E-state index contributed by atoms with van der Waals surface area (Å²) in [6.45, 7) is 3.20. The zero-order chi connectivity index (χ0) is 18.9. The van der Waals surface area contributed by atoms with E-state index < -0.39 is 5.54 Å². The van der Waals surface area contributed by atoms with Gasteiger partial charge < -0.3 is 15.4 Å². The van der Waals surface area contributed by atoms with E-state index in [9.17, 15) is 4.79 Å². The Morgan fingerprint density at radius 3 is 2.52 bits per heavy atom. The number of thiazole rings is 1. The average molecular weight is 379 g/mol. The fourth-order valence-corrected chi connectivity index (χ4v) is 4.10. The Kier molecular flexibility index (Phi) is 4.68. The summed E-state index contributed by atoms with van der Waals surface area (Å²) < 4.78 is 5.37. The first-order chi connectivity index (χ1) is 13.0. The van der Waals surface area contributed by atoms with Crippen molar-refractivity contribution in [1.29, 1.82) is 0 Å². The van der Waals surface area contributed by atoms with Crippen molar-refractivity contribution < 1.29 is 9.53 Å². The molecule has 1 fully saturated rings. The van der Waals surface area contributed by atoms with E-state index in [1.54, 1.807) is 16.2 Å². The summed E-state index contributed by atoms with van der Waals surface area (Å²) in [4.78, 5) is 19.3. The minimum absolute atomic E-state index is 0.274. The molecule has 0 atom stereocenters. The van der Waals surface area contributed by atoms with Crippen molar-refractivity contribution in [3.05, 3.63) is 76.9 Å². The quantitative estimate of drug-likeness (QED) is 0.746. The number of nitrogens with zero attached hydrogens (tertiary/aromatic N) is 2. The van der Waals surface area contributed by atoms with Crippen molar-refractivity contribution in [3.63, 3.8) is 0 Å². The first-order valence-electron chi connectivity index (χ1n) is 8.81. The van der Waals surface area contributed by atoms with Crippen LogP contribution in [0.15, 0.2) is 60.1 Å². The molecule has 0 radical (unpaired) electrons. The highest BCUT2D eigenvalue weighted by atomic mass is 32.1. The monoisotopic (exact) mass is 379 g/mol. The van der Waals surface area contributed by atoms with E-state index in [1.165, 1.54) is 4.88 Å². The summed E-state index contributed by atoms with van der Waals surface area (Å²) in [5, 5.41) is 0. The summed E-state index contributed by atoms with van der Waals surface area (Å²) in [5.41, 5.74) is 12.0. The van der Waals surface area contributed by atoms with E-state index in [2.05, 4.69) is 17.1 Å². The molecule has 2 N–H and O–H groups in total. The fraction of sp³-hybridized carbons (Fsp3) is 0.238. The lowest BCUT2D eigenvalue weighted by Crippen LogP contribution is -2.66. The second-order valence-corrected chi connectivity index (χ2v) is 7.75. The average Bonchev–Trinajstić information content (AvgIpc) is 3.10. The van der Waals surface area contributed by atoms with Crippen LogP contribution < -0.4 is 5.73 Å². The number of benzene rings is 2. The van der Waals surface area contributed by atoms with Crippen LogP contribution in [0.25, 0.3) is 10.4 Å². The van der Waals surface area contributed by atoms with Gasteiger partial charge in [-0.25, -0.2) is 9.78 Å². The van der Waals surface area contributed by atoms with Crippen molar-refractivity contribution >= 4 is 17.4 Å². The van der Waals surface area contributed by atoms with E-state index in [0.717, 1.165) is 22.4 Å². The molecule has 2 aromatic carbocycles. The molecule has 2 heterocycles. The summed E-state index contributed by atoms with van der Waals surface area (Å²) in [6, 6.07) is 17.9. The van der Waals surface area contributed by atoms with E-state index in [4.69, 9.17) is 10.5 Å². The second-order valence-electron chi connectivity index (χ2n) is 6.90. The molecular formula is C21H21N3O2S. The molecule has 0 bridgehead atoms. The maximum atomic E-state index is 12.2. The standard InChI is InChI=1S/C21H21N3O2S/c1-15-19(27-14-23-15)17-7-9-18(10-8-17)21(22)12-24(13-21)20(25)26-11-16-5-3-2-4-6-16/h2-10,14H,11-13,22H2,1H3. The van der Waals surface area contributed by atoms with Gasteiger partial charge in [0, 0.05) is 13.1 Å². The molecule has 27 heavy (non-hydrogen) atoms. The molecule has 0 unspecified atom stereocenters. The highest BCUT2D eigenvalue weighted by molar-refractivity contribution is 7.13. The lowest BCUT2D eigenvalue weighted by atomic mass is 9.83. The van der Waals surface area contributed by atoms with Gasteiger partial charge in [0.05, 0.1) is 21.6 Å². The zero-order valence-electron chi connectivity index (χ0n) is 15.1. The van der Waals surface area contributed by atoms with Crippen molar-refractivity contribution in [2.24, 2.45) is 5.73 Å².